The summed E-state index contributed by atoms with van der Waals surface area (Å²) in [5, 5.41) is 6.65. The van der Waals surface area contributed by atoms with Gasteiger partial charge >= 0.3 is 0 Å². The van der Waals surface area contributed by atoms with E-state index in [1.807, 2.05) is 6.92 Å². The summed E-state index contributed by atoms with van der Waals surface area (Å²) in [6.07, 6.45) is 2.16. The van der Waals surface area contributed by atoms with Gasteiger partial charge in [0.15, 0.2) is 5.96 Å². The molecule has 1 aromatic rings. The molecule has 0 bridgehead atoms. The standard InChI is InChI=1S/C19H33N3O2/c1-6-16(4)24-18-13-15(3)9-10-17(18)14-22-19(20-5)21-11-8-12-23-7-2/h9-10,13,16H,6-8,11-12,14H2,1-5H3,(H2,20,21,22). The Bertz CT molecular complexity index is 503. The van der Waals surface area contributed by atoms with Crippen molar-refractivity contribution in [1.82, 2.24) is 10.6 Å². The van der Waals surface area contributed by atoms with Crippen molar-refractivity contribution in [2.45, 2.75) is 53.2 Å². The smallest absolute Gasteiger partial charge is 0.191 e. The first kappa shape index (κ1) is 20.3. The van der Waals surface area contributed by atoms with Gasteiger partial charge in [-0.05, 0) is 45.2 Å². The average molecular weight is 335 g/mol. The highest BCUT2D eigenvalue weighted by molar-refractivity contribution is 5.79. The van der Waals surface area contributed by atoms with E-state index in [4.69, 9.17) is 9.47 Å². The van der Waals surface area contributed by atoms with E-state index in [0.717, 1.165) is 49.9 Å². The molecule has 0 spiro atoms. The zero-order valence-electron chi connectivity index (χ0n) is 15.8. The fraction of sp³-hybridized carbons (Fsp3) is 0.632. The van der Waals surface area contributed by atoms with E-state index in [2.05, 4.69) is 54.6 Å². The minimum Gasteiger partial charge on any atom is -0.490 e. The molecule has 1 aromatic carbocycles. The van der Waals surface area contributed by atoms with Gasteiger partial charge in [-0.1, -0.05) is 19.1 Å². The first-order chi connectivity index (χ1) is 11.6. The zero-order valence-corrected chi connectivity index (χ0v) is 15.8. The van der Waals surface area contributed by atoms with Crippen molar-refractivity contribution >= 4 is 5.96 Å². The van der Waals surface area contributed by atoms with Gasteiger partial charge in [-0.25, -0.2) is 0 Å². The van der Waals surface area contributed by atoms with E-state index in [9.17, 15) is 0 Å². The van der Waals surface area contributed by atoms with Crippen LogP contribution in [0.2, 0.25) is 0 Å². The van der Waals surface area contributed by atoms with Crippen LogP contribution < -0.4 is 15.4 Å². The summed E-state index contributed by atoms with van der Waals surface area (Å²) in [6.45, 7) is 11.4. The molecular formula is C19H33N3O2. The summed E-state index contributed by atoms with van der Waals surface area (Å²) < 4.78 is 11.4. The summed E-state index contributed by atoms with van der Waals surface area (Å²) in [4.78, 5) is 4.26. The van der Waals surface area contributed by atoms with Crippen molar-refractivity contribution in [3.8, 4) is 5.75 Å². The Morgan fingerprint density at radius 3 is 2.71 bits per heavy atom. The molecule has 5 nitrogen and oxygen atoms in total. The molecule has 24 heavy (non-hydrogen) atoms. The lowest BCUT2D eigenvalue weighted by molar-refractivity contribution is 0.145. The highest BCUT2D eigenvalue weighted by atomic mass is 16.5. The number of guanidine groups is 1. The summed E-state index contributed by atoms with van der Waals surface area (Å²) in [7, 11) is 1.78. The maximum Gasteiger partial charge on any atom is 0.191 e. The van der Waals surface area contributed by atoms with E-state index in [0.29, 0.717) is 6.54 Å². The second kappa shape index (κ2) is 11.7. The molecule has 0 saturated carbocycles. The van der Waals surface area contributed by atoms with Crippen molar-refractivity contribution < 1.29 is 9.47 Å². The lowest BCUT2D eigenvalue weighted by Gasteiger charge is -2.18. The molecule has 136 valence electrons. The van der Waals surface area contributed by atoms with Gasteiger partial charge in [0.25, 0.3) is 0 Å². The number of hydrogen-bond donors (Lipinski definition) is 2. The van der Waals surface area contributed by atoms with E-state index in [-0.39, 0.29) is 6.10 Å². The van der Waals surface area contributed by atoms with Crippen LogP contribution in [0.3, 0.4) is 0 Å². The first-order valence-electron chi connectivity index (χ1n) is 8.89. The molecule has 0 saturated heterocycles. The molecule has 0 aliphatic heterocycles. The first-order valence-corrected chi connectivity index (χ1v) is 8.89. The average Bonchev–Trinajstić information content (AvgIpc) is 2.58. The third-order valence-corrected chi connectivity index (χ3v) is 3.76. The molecular weight excluding hydrogens is 302 g/mol. The summed E-state index contributed by atoms with van der Waals surface area (Å²) in [5.74, 6) is 1.74. The highest BCUT2D eigenvalue weighted by Gasteiger charge is 2.08. The van der Waals surface area contributed by atoms with Crippen molar-refractivity contribution in [2.75, 3.05) is 26.8 Å². The van der Waals surface area contributed by atoms with Crippen LogP contribution in [-0.2, 0) is 11.3 Å². The SMILES string of the molecule is CCOCCCNC(=NC)NCc1ccc(C)cc1OC(C)CC. The van der Waals surface area contributed by atoms with Crippen molar-refractivity contribution in [2.24, 2.45) is 4.99 Å². The van der Waals surface area contributed by atoms with Crippen LogP contribution in [0.15, 0.2) is 23.2 Å². The van der Waals surface area contributed by atoms with Crippen LogP contribution in [0.4, 0.5) is 0 Å². The molecule has 0 heterocycles. The topological polar surface area (TPSA) is 54.9 Å². The second-order valence-electron chi connectivity index (χ2n) is 5.85. The number of nitrogens with one attached hydrogen (secondary N) is 2. The van der Waals surface area contributed by atoms with E-state index in [1.54, 1.807) is 7.05 Å². The van der Waals surface area contributed by atoms with Gasteiger partial charge in [-0.15, -0.1) is 0 Å². The van der Waals surface area contributed by atoms with Gasteiger partial charge in [-0.3, -0.25) is 4.99 Å². The minimum atomic E-state index is 0.210. The fourth-order valence-corrected chi connectivity index (χ4v) is 2.14. The number of aryl methyl sites for hydroxylation is 1. The molecule has 0 aliphatic carbocycles. The summed E-state index contributed by atoms with van der Waals surface area (Å²) >= 11 is 0. The molecule has 0 fully saturated rings. The van der Waals surface area contributed by atoms with Gasteiger partial charge in [0.2, 0.25) is 0 Å². The van der Waals surface area contributed by atoms with Gasteiger partial charge in [0.05, 0.1) is 6.10 Å². The maximum atomic E-state index is 6.05. The molecule has 1 unspecified atom stereocenters. The lowest BCUT2D eigenvalue weighted by atomic mass is 10.1. The van der Waals surface area contributed by atoms with E-state index < -0.39 is 0 Å². The molecule has 5 heteroatoms. The lowest BCUT2D eigenvalue weighted by Crippen LogP contribution is -2.37. The third-order valence-electron chi connectivity index (χ3n) is 3.76. The minimum absolute atomic E-state index is 0.210. The van der Waals surface area contributed by atoms with Crippen molar-refractivity contribution in [3.63, 3.8) is 0 Å². The van der Waals surface area contributed by atoms with Gasteiger partial charge in [0.1, 0.15) is 5.75 Å². The Hall–Kier alpha value is -1.75. The van der Waals surface area contributed by atoms with Crippen molar-refractivity contribution in [3.05, 3.63) is 29.3 Å². The van der Waals surface area contributed by atoms with Crippen LogP contribution >= 0.6 is 0 Å². The highest BCUT2D eigenvalue weighted by Crippen LogP contribution is 2.22. The number of rotatable bonds is 10. The van der Waals surface area contributed by atoms with Crippen LogP contribution in [0.5, 0.6) is 5.75 Å². The second-order valence-corrected chi connectivity index (χ2v) is 5.85. The quantitative estimate of drug-likeness (QED) is 0.391. The Morgan fingerprint density at radius 2 is 2.04 bits per heavy atom. The number of nitrogens with zero attached hydrogens (tertiary/aromatic N) is 1. The van der Waals surface area contributed by atoms with Crippen LogP contribution in [0.1, 0.15) is 44.7 Å². The zero-order chi connectivity index (χ0) is 17.8. The van der Waals surface area contributed by atoms with Gasteiger partial charge < -0.3 is 20.1 Å². The van der Waals surface area contributed by atoms with Crippen LogP contribution in [-0.4, -0.2) is 38.9 Å². The molecule has 2 N–H and O–H groups in total. The Morgan fingerprint density at radius 1 is 1.25 bits per heavy atom. The monoisotopic (exact) mass is 335 g/mol. The number of ether oxygens (including phenoxy) is 2. The summed E-state index contributed by atoms with van der Waals surface area (Å²) in [5.41, 5.74) is 2.34. The summed E-state index contributed by atoms with van der Waals surface area (Å²) in [6, 6.07) is 6.32. The van der Waals surface area contributed by atoms with Gasteiger partial charge in [-0.2, -0.15) is 0 Å². The molecule has 0 aromatic heterocycles. The van der Waals surface area contributed by atoms with E-state index >= 15 is 0 Å². The number of benzene rings is 1. The van der Waals surface area contributed by atoms with E-state index in [1.165, 1.54) is 5.56 Å². The third kappa shape index (κ3) is 7.68. The molecule has 1 rings (SSSR count). The molecule has 0 radical (unpaired) electrons. The predicted octanol–water partition coefficient (Wildman–Crippen LogP) is 3.26. The van der Waals surface area contributed by atoms with Crippen LogP contribution in [0, 0.1) is 6.92 Å². The Balaban J connectivity index is 2.55. The number of aliphatic imine (C=N–C) groups is 1. The molecule has 0 amide bonds. The fourth-order valence-electron chi connectivity index (χ4n) is 2.14. The van der Waals surface area contributed by atoms with Crippen molar-refractivity contribution in [1.29, 1.82) is 0 Å². The largest absolute Gasteiger partial charge is 0.490 e. The maximum absolute atomic E-state index is 6.05. The van der Waals surface area contributed by atoms with Crippen LogP contribution in [0.25, 0.3) is 0 Å². The molecule has 0 aliphatic rings. The predicted molar refractivity (Wildman–Crippen MR) is 101 cm³/mol. The Labute approximate surface area is 146 Å². The molecule has 1 atom stereocenters. The number of hydrogen-bond acceptors (Lipinski definition) is 3. The normalized spacial score (nSPS) is 12.8. The van der Waals surface area contributed by atoms with Gasteiger partial charge in [0, 0.05) is 38.9 Å². The Kier molecular flexibility index (Phi) is 9.92.